The maximum absolute atomic E-state index is 13.7. The Morgan fingerprint density at radius 1 is 1.33 bits per heavy atom. The van der Waals surface area contributed by atoms with Gasteiger partial charge in [-0.1, -0.05) is 25.3 Å². The third-order valence-corrected chi connectivity index (χ3v) is 4.60. The maximum Gasteiger partial charge on any atom is 0.303 e. The molecule has 0 atom stereocenters. The zero-order valence-corrected chi connectivity index (χ0v) is 12.5. The highest BCUT2D eigenvalue weighted by atomic mass is 19.1. The van der Waals surface area contributed by atoms with Crippen LogP contribution in [0.25, 0.3) is 0 Å². The molecule has 0 unspecified atom stereocenters. The Morgan fingerprint density at radius 2 is 2.05 bits per heavy atom. The Balaban J connectivity index is 2.04. The quantitative estimate of drug-likeness (QED) is 0.855. The minimum absolute atomic E-state index is 0.111. The Bertz CT molecular complexity index is 493. The van der Waals surface area contributed by atoms with Crippen molar-refractivity contribution in [3.63, 3.8) is 0 Å². The molecule has 0 saturated heterocycles. The first-order chi connectivity index (χ1) is 10.0. The van der Waals surface area contributed by atoms with Gasteiger partial charge in [0.05, 0.1) is 13.5 Å². The summed E-state index contributed by atoms with van der Waals surface area (Å²) >= 11 is 0. The molecule has 1 aliphatic rings. The molecule has 1 N–H and O–H groups in total. The number of hydrogen-bond donors (Lipinski definition) is 1. The third-order valence-electron chi connectivity index (χ3n) is 4.60. The molecule has 1 fully saturated rings. The number of aliphatic carboxylic acids is 1. The van der Waals surface area contributed by atoms with Crippen molar-refractivity contribution < 1.29 is 19.0 Å². The van der Waals surface area contributed by atoms with Crippen LogP contribution in [0.1, 0.15) is 50.5 Å². The number of aryl methyl sites for hydroxylation is 1. The molecule has 1 aromatic carbocycles. The Hall–Kier alpha value is -1.58. The molecule has 3 nitrogen and oxygen atoms in total. The number of carboxylic acid groups (broad SMARTS) is 1. The second kappa shape index (κ2) is 6.92. The molecule has 116 valence electrons. The number of ether oxygens (including phenoxy) is 1. The van der Waals surface area contributed by atoms with Gasteiger partial charge in [-0.2, -0.15) is 0 Å². The lowest BCUT2D eigenvalue weighted by atomic mass is 9.68. The van der Waals surface area contributed by atoms with Crippen LogP contribution < -0.4 is 4.74 Å². The van der Waals surface area contributed by atoms with E-state index in [1.54, 1.807) is 6.07 Å². The highest BCUT2D eigenvalue weighted by molar-refractivity contribution is 5.67. The van der Waals surface area contributed by atoms with Crippen molar-refractivity contribution in [2.24, 2.45) is 5.41 Å². The van der Waals surface area contributed by atoms with Crippen molar-refractivity contribution in [3.8, 4) is 5.75 Å². The molecule has 0 aromatic heterocycles. The second-order valence-corrected chi connectivity index (χ2v) is 6.10. The second-order valence-electron chi connectivity index (χ2n) is 6.10. The fourth-order valence-electron chi connectivity index (χ4n) is 3.41. The normalized spacial score (nSPS) is 17.4. The van der Waals surface area contributed by atoms with Crippen molar-refractivity contribution in [1.82, 2.24) is 0 Å². The summed E-state index contributed by atoms with van der Waals surface area (Å²) in [6, 6.07) is 4.99. The monoisotopic (exact) mass is 294 g/mol. The van der Waals surface area contributed by atoms with E-state index in [1.807, 2.05) is 6.07 Å². The minimum Gasteiger partial charge on any atom is -0.494 e. The fraction of sp³-hybridized carbons (Fsp3) is 0.588. The molecule has 0 radical (unpaired) electrons. The van der Waals surface area contributed by atoms with Gasteiger partial charge in [0.15, 0.2) is 11.6 Å². The summed E-state index contributed by atoms with van der Waals surface area (Å²) in [5, 5.41) is 9.16. The van der Waals surface area contributed by atoms with Crippen LogP contribution >= 0.6 is 0 Å². The summed E-state index contributed by atoms with van der Waals surface area (Å²) in [5.41, 5.74) is 0.796. The zero-order valence-electron chi connectivity index (χ0n) is 12.5. The molecule has 21 heavy (non-hydrogen) atoms. The summed E-state index contributed by atoms with van der Waals surface area (Å²) in [4.78, 5) is 11.1. The summed E-state index contributed by atoms with van der Waals surface area (Å²) in [5.74, 6) is -0.833. The average Bonchev–Trinajstić information content (AvgIpc) is 2.46. The van der Waals surface area contributed by atoms with E-state index in [0.29, 0.717) is 6.42 Å². The van der Waals surface area contributed by atoms with E-state index >= 15 is 0 Å². The molecule has 4 heteroatoms. The lowest BCUT2D eigenvalue weighted by molar-refractivity contribution is -0.140. The van der Waals surface area contributed by atoms with E-state index < -0.39 is 5.97 Å². The van der Waals surface area contributed by atoms with Crippen LogP contribution in [-0.2, 0) is 11.2 Å². The van der Waals surface area contributed by atoms with Gasteiger partial charge in [0, 0.05) is 0 Å². The van der Waals surface area contributed by atoms with Gasteiger partial charge < -0.3 is 9.84 Å². The van der Waals surface area contributed by atoms with E-state index in [2.05, 4.69) is 0 Å². The van der Waals surface area contributed by atoms with Crippen LogP contribution in [0.2, 0.25) is 0 Å². The summed E-state index contributed by atoms with van der Waals surface area (Å²) in [7, 11) is 1.45. The van der Waals surface area contributed by atoms with Crippen LogP contribution in [0.3, 0.4) is 0 Å². The lowest BCUT2D eigenvalue weighted by Crippen LogP contribution is -2.28. The van der Waals surface area contributed by atoms with Gasteiger partial charge >= 0.3 is 5.97 Å². The van der Waals surface area contributed by atoms with Crippen LogP contribution in [0.4, 0.5) is 4.39 Å². The van der Waals surface area contributed by atoms with Crippen LogP contribution in [0.5, 0.6) is 5.75 Å². The van der Waals surface area contributed by atoms with Crippen molar-refractivity contribution in [2.75, 3.05) is 7.11 Å². The molecule has 2 rings (SSSR count). The number of hydrogen-bond acceptors (Lipinski definition) is 2. The van der Waals surface area contributed by atoms with Crippen molar-refractivity contribution in [3.05, 3.63) is 29.6 Å². The van der Waals surface area contributed by atoms with Gasteiger partial charge in [-0.3, -0.25) is 4.79 Å². The molecular weight excluding hydrogens is 271 g/mol. The molecule has 0 heterocycles. The van der Waals surface area contributed by atoms with Gasteiger partial charge in [-0.05, 0) is 48.8 Å². The van der Waals surface area contributed by atoms with Crippen molar-refractivity contribution in [1.29, 1.82) is 0 Å². The van der Waals surface area contributed by atoms with Crippen molar-refractivity contribution in [2.45, 2.75) is 51.4 Å². The number of carbonyl (C=O) groups is 1. The van der Waals surface area contributed by atoms with E-state index in [9.17, 15) is 9.18 Å². The molecule has 1 aliphatic carbocycles. The fourth-order valence-corrected chi connectivity index (χ4v) is 3.41. The van der Waals surface area contributed by atoms with Gasteiger partial charge in [0.2, 0.25) is 0 Å². The molecule has 0 bridgehead atoms. The highest BCUT2D eigenvalue weighted by Crippen LogP contribution is 2.43. The molecule has 1 saturated carbocycles. The van der Waals surface area contributed by atoms with Gasteiger partial charge in [0.25, 0.3) is 0 Å². The largest absolute Gasteiger partial charge is 0.494 e. The maximum atomic E-state index is 13.7. The van der Waals surface area contributed by atoms with Crippen LogP contribution in [0, 0.1) is 11.2 Å². The molecule has 0 spiro atoms. The summed E-state index contributed by atoms with van der Waals surface area (Å²) < 4.78 is 18.6. The smallest absolute Gasteiger partial charge is 0.303 e. The van der Waals surface area contributed by atoms with Gasteiger partial charge in [-0.25, -0.2) is 4.39 Å². The van der Waals surface area contributed by atoms with Gasteiger partial charge in [0.1, 0.15) is 0 Å². The SMILES string of the molecule is COc1ccc(CCC2(CC(=O)O)CCCCC2)cc1F. The highest BCUT2D eigenvalue weighted by Gasteiger charge is 2.33. The predicted octanol–water partition coefficient (Wildman–Crippen LogP) is 4.19. The Kier molecular flexibility index (Phi) is 5.21. The topological polar surface area (TPSA) is 46.5 Å². The lowest BCUT2D eigenvalue weighted by Gasteiger charge is -2.36. The number of benzene rings is 1. The first kappa shape index (κ1) is 15.8. The Labute approximate surface area is 125 Å². The predicted molar refractivity (Wildman–Crippen MR) is 79.0 cm³/mol. The first-order valence-corrected chi connectivity index (χ1v) is 7.59. The van der Waals surface area contributed by atoms with Crippen molar-refractivity contribution >= 4 is 5.97 Å². The molecule has 0 aliphatic heterocycles. The number of rotatable bonds is 6. The Morgan fingerprint density at radius 3 is 2.62 bits per heavy atom. The van der Waals surface area contributed by atoms with E-state index in [4.69, 9.17) is 9.84 Å². The first-order valence-electron chi connectivity index (χ1n) is 7.59. The van der Waals surface area contributed by atoms with Crippen LogP contribution in [0.15, 0.2) is 18.2 Å². The summed E-state index contributed by atoms with van der Waals surface area (Å²) in [6.45, 7) is 0. The number of methoxy groups -OCH3 is 1. The zero-order chi connectivity index (χ0) is 15.3. The van der Waals surface area contributed by atoms with Gasteiger partial charge in [-0.15, -0.1) is 0 Å². The van der Waals surface area contributed by atoms with E-state index in [0.717, 1.165) is 37.7 Å². The standard InChI is InChI=1S/C17H23FO3/c1-21-15-6-5-13(11-14(15)18)7-10-17(12-16(19)20)8-3-2-4-9-17/h5-6,11H,2-4,7-10,12H2,1H3,(H,19,20). The average molecular weight is 294 g/mol. The van der Waals surface area contributed by atoms with Crippen LogP contribution in [-0.4, -0.2) is 18.2 Å². The molecule has 1 aromatic rings. The summed E-state index contributed by atoms with van der Waals surface area (Å²) in [6.07, 6.45) is 7.09. The molecular formula is C17H23FO3. The minimum atomic E-state index is -0.724. The third kappa shape index (κ3) is 4.19. The van der Waals surface area contributed by atoms with E-state index in [1.165, 1.54) is 19.6 Å². The van der Waals surface area contributed by atoms with E-state index in [-0.39, 0.29) is 23.4 Å². The number of halogens is 1. The molecule has 0 amide bonds. The number of carboxylic acids is 1.